The van der Waals surface area contributed by atoms with Crippen LogP contribution in [0.5, 0.6) is 0 Å². The molecule has 7 nitrogen and oxygen atoms in total. The van der Waals surface area contributed by atoms with Crippen LogP contribution in [0.15, 0.2) is 23.4 Å². The number of aromatic nitrogens is 4. The minimum Gasteiger partial charge on any atom is -0.385 e. The molecule has 0 saturated heterocycles. The molecule has 0 radical (unpaired) electrons. The number of hydrogen-bond acceptors (Lipinski definition) is 5. The van der Waals surface area contributed by atoms with Crippen LogP contribution in [-0.4, -0.2) is 46.0 Å². The first-order valence-corrected chi connectivity index (χ1v) is 5.92. The third kappa shape index (κ3) is 2.93. The van der Waals surface area contributed by atoms with E-state index in [1.54, 1.807) is 25.7 Å². The fourth-order valence-corrected chi connectivity index (χ4v) is 1.68. The van der Waals surface area contributed by atoms with E-state index in [0.717, 1.165) is 19.6 Å². The van der Waals surface area contributed by atoms with Gasteiger partial charge in [0.1, 0.15) is 0 Å². The molecule has 7 heteroatoms. The summed E-state index contributed by atoms with van der Waals surface area (Å²) in [7, 11) is 1.68. The van der Waals surface area contributed by atoms with E-state index in [-0.39, 0.29) is 5.69 Å². The van der Waals surface area contributed by atoms with Gasteiger partial charge in [0.25, 0.3) is 0 Å². The maximum Gasteiger partial charge on any atom is 0.350 e. The Morgan fingerprint density at radius 1 is 1.44 bits per heavy atom. The van der Waals surface area contributed by atoms with Crippen molar-refractivity contribution < 1.29 is 4.74 Å². The fourth-order valence-electron chi connectivity index (χ4n) is 1.68. The summed E-state index contributed by atoms with van der Waals surface area (Å²) in [4.78, 5) is 15.8. The van der Waals surface area contributed by atoms with Gasteiger partial charge in [-0.3, -0.25) is 4.98 Å². The Hall–Kier alpha value is -1.73. The smallest absolute Gasteiger partial charge is 0.350 e. The van der Waals surface area contributed by atoms with E-state index in [0.29, 0.717) is 18.7 Å². The second kappa shape index (κ2) is 6.27. The van der Waals surface area contributed by atoms with Crippen LogP contribution in [0.1, 0.15) is 6.42 Å². The van der Waals surface area contributed by atoms with Crippen molar-refractivity contribution in [1.82, 2.24) is 24.5 Å². The van der Waals surface area contributed by atoms with Crippen molar-refractivity contribution in [2.45, 2.75) is 13.0 Å². The molecule has 2 aromatic heterocycles. The molecule has 18 heavy (non-hydrogen) atoms. The van der Waals surface area contributed by atoms with Crippen molar-refractivity contribution in [3.05, 3.63) is 29.1 Å². The van der Waals surface area contributed by atoms with E-state index >= 15 is 0 Å². The van der Waals surface area contributed by atoms with Crippen LogP contribution in [0.25, 0.3) is 5.65 Å². The van der Waals surface area contributed by atoms with Gasteiger partial charge in [-0.05, 0) is 13.0 Å². The molecule has 98 valence electrons. The van der Waals surface area contributed by atoms with Gasteiger partial charge in [0.15, 0.2) is 5.65 Å². The molecule has 0 unspecified atom stereocenters. The van der Waals surface area contributed by atoms with Gasteiger partial charge in [0.2, 0.25) is 0 Å². The average Bonchev–Trinajstić information content (AvgIpc) is 2.71. The van der Waals surface area contributed by atoms with E-state index in [4.69, 9.17) is 4.74 Å². The third-order valence-corrected chi connectivity index (χ3v) is 2.59. The van der Waals surface area contributed by atoms with Gasteiger partial charge in [-0.1, -0.05) is 0 Å². The van der Waals surface area contributed by atoms with Crippen LogP contribution in [0.3, 0.4) is 0 Å². The molecule has 2 aromatic rings. The van der Waals surface area contributed by atoms with Gasteiger partial charge in [-0.25, -0.2) is 13.9 Å². The number of ether oxygens (including phenoxy) is 1. The van der Waals surface area contributed by atoms with Crippen LogP contribution < -0.4 is 11.0 Å². The zero-order valence-electron chi connectivity index (χ0n) is 10.4. The highest BCUT2D eigenvalue weighted by atomic mass is 16.5. The van der Waals surface area contributed by atoms with Gasteiger partial charge in [0.05, 0.1) is 12.7 Å². The molecule has 0 bridgehead atoms. The number of nitrogens with one attached hydrogen (secondary N) is 1. The molecule has 0 saturated carbocycles. The molecule has 0 aliphatic heterocycles. The summed E-state index contributed by atoms with van der Waals surface area (Å²) in [5, 5.41) is 7.42. The minimum absolute atomic E-state index is 0.133. The van der Waals surface area contributed by atoms with Crippen molar-refractivity contribution in [2.75, 3.05) is 26.8 Å². The van der Waals surface area contributed by atoms with Gasteiger partial charge in [-0.15, -0.1) is 5.10 Å². The number of nitrogens with zero attached hydrogens (tertiary/aromatic N) is 4. The molecule has 0 aliphatic rings. The van der Waals surface area contributed by atoms with Gasteiger partial charge < -0.3 is 10.1 Å². The molecule has 1 N–H and O–H groups in total. The van der Waals surface area contributed by atoms with Crippen LogP contribution in [0.4, 0.5) is 0 Å². The van der Waals surface area contributed by atoms with E-state index < -0.39 is 0 Å². The Bertz CT molecular complexity index is 548. The van der Waals surface area contributed by atoms with Crippen molar-refractivity contribution in [3.63, 3.8) is 0 Å². The van der Waals surface area contributed by atoms with Gasteiger partial charge in [-0.2, -0.15) is 0 Å². The average molecular weight is 251 g/mol. The molecule has 0 aliphatic carbocycles. The van der Waals surface area contributed by atoms with Gasteiger partial charge in [0, 0.05) is 32.7 Å². The molecule has 2 heterocycles. The quantitative estimate of drug-likeness (QED) is 0.673. The number of rotatable bonds is 7. The summed E-state index contributed by atoms with van der Waals surface area (Å²) >= 11 is 0. The molecule has 0 fully saturated rings. The third-order valence-electron chi connectivity index (χ3n) is 2.59. The minimum atomic E-state index is -0.133. The standard InChI is InChI=1S/C11H17N5O2/c1-18-8-2-3-12-5-7-16-11(17)15-6-4-13-9-10(15)14-16/h4,6,9,12H,2-3,5,7-8H2,1H3. The molecular formula is C11H17N5O2. The summed E-state index contributed by atoms with van der Waals surface area (Å²) < 4.78 is 7.88. The Balaban J connectivity index is 1.88. The van der Waals surface area contributed by atoms with Gasteiger partial charge >= 0.3 is 5.69 Å². The summed E-state index contributed by atoms with van der Waals surface area (Å²) in [6.07, 6.45) is 5.72. The lowest BCUT2D eigenvalue weighted by Crippen LogP contribution is -2.28. The van der Waals surface area contributed by atoms with Crippen molar-refractivity contribution in [3.8, 4) is 0 Å². The first-order chi connectivity index (χ1) is 8.83. The van der Waals surface area contributed by atoms with E-state index in [1.165, 1.54) is 9.08 Å². The van der Waals surface area contributed by atoms with Crippen LogP contribution in [0.2, 0.25) is 0 Å². The van der Waals surface area contributed by atoms with Crippen LogP contribution in [0, 0.1) is 0 Å². The Labute approximate surface area is 104 Å². The SMILES string of the molecule is COCCCNCCn1nc2cnccn2c1=O. The monoisotopic (exact) mass is 251 g/mol. The summed E-state index contributed by atoms with van der Waals surface area (Å²) in [6, 6.07) is 0. The number of methoxy groups -OCH3 is 1. The van der Waals surface area contributed by atoms with Crippen molar-refractivity contribution >= 4 is 5.65 Å². The predicted molar refractivity (Wildman–Crippen MR) is 66.6 cm³/mol. The zero-order valence-corrected chi connectivity index (χ0v) is 10.4. The molecule has 0 spiro atoms. The maximum atomic E-state index is 11.9. The van der Waals surface area contributed by atoms with Crippen LogP contribution >= 0.6 is 0 Å². The van der Waals surface area contributed by atoms with E-state index in [2.05, 4.69) is 15.4 Å². The highest BCUT2D eigenvalue weighted by Gasteiger charge is 2.04. The lowest BCUT2D eigenvalue weighted by molar-refractivity contribution is 0.194. The number of hydrogen-bond donors (Lipinski definition) is 1. The van der Waals surface area contributed by atoms with Crippen molar-refractivity contribution in [2.24, 2.45) is 0 Å². The van der Waals surface area contributed by atoms with E-state index in [1.807, 2.05) is 0 Å². The fraction of sp³-hybridized carbons (Fsp3) is 0.545. The summed E-state index contributed by atoms with van der Waals surface area (Å²) in [5.74, 6) is 0. The second-order valence-electron chi connectivity index (χ2n) is 3.91. The van der Waals surface area contributed by atoms with Crippen LogP contribution in [-0.2, 0) is 11.3 Å². The highest BCUT2D eigenvalue weighted by Crippen LogP contribution is 1.91. The second-order valence-corrected chi connectivity index (χ2v) is 3.91. The lowest BCUT2D eigenvalue weighted by atomic mass is 10.4. The molecule has 0 atom stereocenters. The zero-order chi connectivity index (χ0) is 12.8. The molecule has 2 rings (SSSR count). The topological polar surface area (TPSA) is 73.4 Å². The first kappa shape index (κ1) is 12.7. The summed E-state index contributed by atoms with van der Waals surface area (Å²) in [6.45, 7) is 2.87. The Morgan fingerprint density at radius 3 is 3.11 bits per heavy atom. The largest absolute Gasteiger partial charge is 0.385 e. The predicted octanol–water partition coefficient (Wildman–Crippen LogP) is -0.483. The highest BCUT2D eigenvalue weighted by molar-refractivity contribution is 5.31. The Kier molecular flexibility index (Phi) is 4.43. The molecular weight excluding hydrogens is 234 g/mol. The normalized spacial score (nSPS) is 11.2. The first-order valence-electron chi connectivity index (χ1n) is 5.92. The lowest BCUT2D eigenvalue weighted by Gasteiger charge is -2.03. The number of fused-ring (bicyclic) bond motifs is 1. The molecule has 0 amide bonds. The van der Waals surface area contributed by atoms with E-state index in [9.17, 15) is 4.79 Å². The molecule has 0 aromatic carbocycles. The Morgan fingerprint density at radius 2 is 2.33 bits per heavy atom. The maximum absolute atomic E-state index is 11.9. The summed E-state index contributed by atoms with van der Waals surface area (Å²) in [5.41, 5.74) is 0.438. The van der Waals surface area contributed by atoms with Crippen molar-refractivity contribution in [1.29, 1.82) is 0 Å².